The van der Waals surface area contributed by atoms with E-state index in [2.05, 4.69) is 6.07 Å². The maximum atomic E-state index is 11.2. The van der Waals surface area contributed by atoms with Gasteiger partial charge in [-0.05, 0) is 54.4 Å². The number of fused-ring (bicyclic) bond motifs is 1. The van der Waals surface area contributed by atoms with Gasteiger partial charge in [-0.3, -0.25) is 4.79 Å². The topological polar surface area (TPSA) is 37.3 Å². The van der Waals surface area contributed by atoms with Gasteiger partial charge in [0.15, 0.2) is 0 Å². The molecule has 3 rings (SSSR count). The second kappa shape index (κ2) is 6.83. The first-order chi connectivity index (χ1) is 9.16. The fourth-order valence-electron chi connectivity index (χ4n) is 3.63. The van der Waals surface area contributed by atoms with Crippen molar-refractivity contribution in [2.24, 2.45) is 0 Å². The molecule has 1 aromatic carbocycles. The largest absolute Gasteiger partial charge is 1.00 e. The summed E-state index contributed by atoms with van der Waals surface area (Å²) in [6.45, 7) is 0. The van der Waals surface area contributed by atoms with Gasteiger partial charge in [0.05, 0.1) is 5.92 Å². The molecule has 4 heteroatoms. The number of benzene rings is 1. The zero-order valence-corrected chi connectivity index (χ0v) is 14.7. The van der Waals surface area contributed by atoms with Crippen molar-refractivity contribution in [1.82, 2.24) is 0 Å². The van der Waals surface area contributed by atoms with E-state index in [4.69, 9.17) is 11.6 Å². The van der Waals surface area contributed by atoms with Crippen molar-refractivity contribution in [2.45, 2.75) is 56.8 Å². The van der Waals surface area contributed by atoms with Crippen LogP contribution in [0, 0.1) is 0 Å². The van der Waals surface area contributed by atoms with Gasteiger partial charge in [0, 0.05) is 5.02 Å². The van der Waals surface area contributed by atoms with E-state index in [9.17, 15) is 9.90 Å². The van der Waals surface area contributed by atoms with Crippen LogP contribution in [0.5, 0.6) is 0 Å². The second-order valence-corrected chi connectivity index (χ2v) is 6.24. The third-order valence-electron chi connectivity index (χ3n) is 4.68. The fraction of sp³-hybridized carbons (Fsp3) is 0.562. The zero-order chi connectivity index (χ0) is 13.4. The molecule has 1 saturated carbocycles. The summed E-state index contributed by atoms with van der Waals surface area (Å²) in [5.74, 6) is -0.497. The molecule has 1 unspecified atom stereocenters. The van der Waals surface area contributed by atoms with Crippen molar-refractivity contribution < 1.29 is 40.9 Å². The van der Waals surface area contributed by atoms with Gasteiger partial charge in [0.25, 0.3) is 0 Å². The van der Waals surface area contributed by atoms with Gasteiger partial charge in [-0.15, -0.1) is 0 Å². The molecule has 2 nitrogen and oxygen atoms in total. The van der Waals surface area contributed by atoms with Crippen LogP contribution >= 0.6 is 11.6 Å². The summed E-state index contributed by atoms with van der Waals surface area (Å²) in [5.41, 5.74) is 3.40. The molecule has 1 atom stereocenters. The molecule has 0 aromatic heterocycles. The monoisotopic (exact) mass is 302 g/mol. The first kappa shape index (κ1) is 16.4. The van der Waals surface area contributed by atoms with Gasteiger partial charge in [0.1, 0.15) is 0 Å². The van der Waals surface area contributed by atoms with Crippen LogP contribution in [0.15, 0.2) is 12.1 Å². The van der Waals surface area contributed by atoms with Crippen molar-refractivity contribution in [3.05, 3.63) is 33.8 Å². The number of halogens is 1. The number of carboxylic acids is 1. The quantitative estimate of drug-likeness (QED) is 0.843. The minimum atomic E-state index is -0.722. The minimum absolute atomic E-state index is 0. The van der Waals surface area contributed by atoms with Gasteiger partial charge >= 0.3 is 35.5 Å². The molecule has 0 aliphatic heterocycles. The number of hydrogen-bond acceptors (Lipinski definition) is 1. The Morgan fingerprint density at radius 2 is 1.85 bits per heavy atom. The Labute approximate surface area is 148 Å². The SMILES string of the molecule is O=C(O)C1CCc2cc(C3CCCCC3)c(Cl)cc21.[H-].[Na+]. The summed E-state index contributed by atoms with van der Waals surface area (Å²) in [6, 6.07) is 4.11. The molecule has 2 aliphatic carbocycles. The number of aliphatic carboxylic acids is 1. The molecule has 2 aliphatic rings. The van der Waals surface area contributed by atoms with Crippen LogP contribution in [0.1, 0.15) is 68.5 Å². The van der Waals surface area contributed by atoms with E-state index in [0.29, 0.717) is 5.92 Å². The number of aryl methyl sites for hydroxylation is 1. The third kappa shape index (κ3) is 3.09. The Kier molecular flexibility index (Phi) is 5.58. The first-order valence-electron chi connectivity index (χ1n) is 7.22. The second-order valence-electron chi connectivity index (χ2n) is 5.84. The Hall–Kier alpha value is -0.0200. The average molecular weight is 303 g/mol. The van der Waals surface area contributed by atoms with Gasteiger partial charge in [-0.1, -0.05) is 36.9 Å². The Morgan fingerprint density at radius 1 is 1.15 bits per heavy atom. The summed E-state index contributed by atoms with van der Waals surface area (Å²) in [7, 11) is 0. The molecule has 104 valence electrons. The van der Waals surface area contributed by atoms with Crippen LogP contribution in [0.2, 0.25) is 5.02 Å². The van der Waals surface area contributed by atoms with Crippen molar-refractivity contribution in [3.8, 4) is 0 Å². The number of carbonyl (C=O) groups is 1. The van der Waals surface area contributed by atoms with Crippen LogP contribution in [0.25, 0.3) is 0 Å². The van der Waals surface area contributed by atoms with Crippen LogP contribution in [-0.4, -0.2) is 11.1 Å². The maximum absolute atomic E-state index is 11.2. The van der Waals surface area contributed by atoms with Crippen LogP contribution in [-0.2, 0) is 11.2 Å². The van der Waals surface area contributed by atoms with Gasteiger partial charge < -0.3 is 6.53 Å². The number of rotatable bonds is 2. The van der Waals surface area contributed by atoms with Crippen molar-refractivity contribution >= 4 is 17.6 Å². The predicted molar refractivity (Wildman–Crippen MR) is 77.1 cm³/mol. The molecule has 0 radical (unpaired) electrons. The van der Waals surface area contributed by atoms with E-state index in [1.807, 2.05) is 6.07 Å². The summed E-state index contributed by atoms with van der Waals surface area (Å²) in [4.78, 5) is 11.2. The van der Waals surface area contributed by atoms with Crippen LogP contribution in [0.4, 0.5) is 0 Å². The van der Waals surface area contributed by atoms with Crippen molar-refractivity contribution in [3.63, 3.8) is 0 Å². The molecule has 0 saturated heterocycles. The average Bonchev–Trinajstić information content (AvgIpc) is 2.81. The summed E-state index contributed by atoms with van der Waals surface area (Å²) in [6.07, 6.45) is 7.95. The Balaban J connectivity index is 0.00000110. The van der Waals surface area contributed by atoms with Crippen molar-refractivity contribution in [2.75, 3.05) is 0 Å². The first-order valence-corrected chi connectivity index (χ1v) is 7.59. The third-order valence-corrected chi connectivity index (χ3v) is 5.01. The molecule has 1 aromatic rings. The predicted octanol–water partition coefficient (Wildman–Crippen LogP) is 1.62. The van der Waals surface area contributed by atoms with E-state index >= 15 is 0 Å². The van der Waals surface area contributed by atoms with Gasteiger partial charge in [-0.25, -0.2) is 0 Å². The molecular formula is C16H20ClNaO2. The van der Waals surface area contributed by atoms with E-state index in [-0.39, 0.29) is 36.9 Å². The summed E-state index contributed by atoms with van der Waals surface area (Å²) >= 11 is 6.42. The molecule has 0 amide bonds. The summed E-state index contributed by atoms with van der Waals surface area (Å²) < 4.78 is 0. The maximum Gasteiger partial charge on any atom is 1.00 e. The van der Waals surface area contributed by atoms with E-state index < -0.39 is 5.97 Å². The van der Waals surface area contributed by atoms with E-state index in [1.165, 1.54) is 43.2 Å². The zero-order valence-electron chi connectivity index (χ0n) is 13.0. The van der Waals surface area contributed by atoms with E-state index in [0.717, 1.165) is 23.4 Å². The van der Waals surface area contributed by atoms with Crippen molar-refractivity contribution in [1.29, 1.82) is 0 Å². The minimum Gasteiger partial charge on any atom is -1.00 e. The summed E-state index contributed by atoms with van der Waals surface area (Å²) in [5, 5.41) is 10.0. The molecular weight excluding hydrogens is 283 g/mol. The standard InChI is InChI=1S/C16H19ClO2.Na.H/c17-15-9-13-11(6-7-12(13)16(18)19)8-14(15)10-4-2-1-3-5-10;;/h8-10,12H,1-7H2,(H,18,19);;/q;+1;-1. The molecule has 0 bridgehead atoms. The van der Waals surface area contributed by atoms with Gasteiger partial charge in [-0.2, -0.15) is 0 Å². The van der Waals surface area contributed by atoms with Gasteiger partial charge in [0.2, 0.25) is 0 Å². The molecule has 1 fully saturated rings. The normalized spacial score (nSPS) is 22.1. The Morgan fingerprint density at radius 3 is 2.50 bits per heavy atom. The molecule has 1 N–H and O–H groups in total. The molecule has 0 spiro atoms. The van der Waals surface area contributed by atoms with Crippen LogP contribution in [0.3, 0.4) is 0 Å². The Bertz CT molecular complexity index is 515. The molecule has 20 heavy (non-hydrogen) atoms. The number of carboxylic acid groups (broad SMARTS) is 1. The number of hydrogen-bond donors (Lipinski definition) is 1. The molecule has 0 heterocycles. The van der Waals surface area contributed by atoms with E-state index in [1.54, 1.807) is 0 Å². The fourth-order valence-corrected chi connectivity index (χ4v) is 3.96. The van der Waals surface area contributed by atoms with Crippen LogP contribution < -0.4 is 29.6 Å². The smallest absolute Gasteiger partial charge is 1.00 e.